The number of amides is 1. The van der Waals surface area contributed by atoms with Gasteiger partial charge in [-0.2, -0.15) is 0 Å². The highest BCUT2D eigenvalue weighted by atomic mass is 16.2. The van der Waals surface area contributed by atoms with Crippen molar-refractivity contribution in [1.82, 2.24) is 14.0 Å². The highest BCUT2D eigenvalue weighted by molar-refractivity contribution is 5.81. The Labute approximate surface area is 147 Å². The van der Waals surface area contributed by atoms with Crippen molar-refractivity contribution >= 4 is 16.8 Å². The first-order chi connectivity index (χ1) is 12.0. The van der Waals surface area contributed by atoms with Gasteiger partial charge in [-0.15, -0.1) is 0 Å². The smallest absolute Gasteiger partial charge is 0.331 e. The number of para-hydroxylation sites is 1. The number of rotatable bonds is 8. The molecule has 0 aliphatic heterocycles. The molecule has 0 saturated heterocycles. The van der Waals surface area contributed by atoms with Gasteiger partial charge in [0.15, 0.2) is 0 Å². The predicted octanol–water partition coefficient (Wildman–Crippen LogP) is 2.22. The Balaban J connectivity index is 2.55. The zero-order valence-corrected chi connectivity index (χ0v) is 15.3. The van der Waals surface area contributed by atoms with Crippen molar-refractivity contribution in [2.75, 3.05) is 13.1 Å². The Morgan fingerprint density at radius 2 is 1.60 bits per heavy atom. The standard InChI is InChI=1S/C19H27N3O3/c1-4-11-20(12-5-2)17(23)14-22-16-10-8-7-9-15(16)18(24)21(13-6-3)19(22)25/h7-10H,4-6,11-14H2,1-3H3. The number of carbonyl (C=O) groups is 1. The minimum absolute atomic E-state index is 0.0384. The summed E-state index contributed by atoms with van der Waals surface area (Å²) in [5, 5.41) is 0.473. The minimum Gasteiger partial charge on any atom is -0.341 e. The normalized spacial score (nSPS) is 11.0. The summed E-state index contributed by atoms with van der Waals surface area (Å²) in [7, 11) is 0. The Morgan fingerprint density at radius 1 is 0.960 bits per heavy atom. The van der Waals surface area contributed by atoms with Crippen LogP contribution in [-0.2, 0) is 17.9 Å². The first-order valence-corrected chi connectivity index (χ1v) is 9.05. The van der Waals surface area contributed by atoms with Crippen molar-refractivity contribution in [3.63, 3.8) is 0 Å². The molecule has 0 saturated carbocycles. The molecule has 136 valence electrons. The second-order valence-electron chi connectivity index (χ2n) is 6.22. The van der Waals surface area contributed by atoms with Gasteiger partial charge in [-0.25, -0.2) is 4.79 Å². The van der Waals surface area contributed by atoms with Crippen LogP contribution in [0.1, 0.15) is 40.0 Å². The molecule has 1 aromatic heterocycles. The maximum Gasteiger partial charge on any atom is 0.331 e. The number of benzene rings is 1. The van der Waals surface area contributed by atoms with Gasteiger partial charge in [-0.3, -0.25) is 18.7 Å². The molecule has 1 aromatic carbocycles. The van der Waals surface area contributed by atoms with Crippen LogP contribution < -0.4 is 11.2 Å². The summed E-state index contributed by atoms with van der Waals surface area (Å²) in [5.74, 6) is -0.0855. The zero-order valence-electron chi connectivity index (χ0n) is 15.3. The van der Waals surface area contributed by atoms with Crippen LogP contribution >= 0.6 is 0 Å². The second kappa shape index (κ2) is 8.65. The maximum atomic E-state index is 12.8. The monoisotopic (exact) mass is 345 g/mol. The molecule has 0 radical (unpaired) electrons. The van der Waals surface area contributed by atoms with Crippen LogP contribution in [0.2, 0.25) is 0 Å². The highest BCUT2D eigenvalue weighted by Crippen LogP contribution is 2.08. The summed E-state index contributed by atoms with van der Waals surface area (Å²) in [4.78, 5) is 39.9. The van der Waals surface area contributed by atoms with Crippen molar-refractivity contribution in [2.24, 2.45) is 0 Å². The zero-order chi connectivity index (χ0) is 18.4. The summed E-state index contributed by atoms with van der Waals surface area (Å²) in [6.07, 6.45) is 2.42. The molecular formula is C19H27N3O3. The molecule has 2 aromatic rings. The fraction of sp³-hybridized carbons (Fsp3) is 0.526. The molecule has 0 atom stereocenters. The van der Waals surface area contributed by atoms with E-state index in [1.165, 1.54) is 9.13 Å². The number of aromatic nitrogens is 2. The first-order valence-electron chi connectivity index (χ1n) is 9.05. The van der Waals surface area contributed by atoms with Gasteiger partial charge in [0.2, 0.25) is 5.91 Å². The van der Waals surface area contributed by atoms with Gasteiger partial charge >= 0.3 is 5.69 Å². The van der Waals surface area contributed by atoms with Crippen molar-refractivity contribution in [2.45, 2.75) is 53.1 Å². The minimum atomic E-state index is -0.410. The molecule has 6 nitrogen and oxygen atoms in total. The number of hydrogen-bond donors (Lipinski definition) is 0. The quantitative estimate of drug-likeness (QED) is 0.737. The van der Waals surface area contributed by atoms with Crippen molar-refractivity contribution < 1.29 is 4.79 Å². The molecule has 6 heteroatoms. The lowest BCUT2D eigenvalue weighted by atomic mass is 10.2. The molecule has 0 spiro atoms. The van der Waals surface area contributed by atoms with Crippen LogP contribution in [-0.4, -0.2) is 33.0 Å². The van der Waals surface area contributed by atoms with E-state index in [9.17, 15) is 14.4 Å². The van der Waals surface area contributed by atoms with Crippen LogP contribution in [0.25, 0.3) is 10.9 Å². The lowest BCUT2D eigenvalue weighted by Gasteiger charge is -2.22. The summed E-state index contributed by atoms with van der Waals surface area (Å²) in [5.41, 5.74) is -0.178. The van der Waals surface area contributed by atoms with Crippen LogP contribution in [0.15, 0.2) is 33.9 Å². The van der Waals surface area contributed by atoms with Gasteiger partial charge in [0, 0.05) is 19.6 Å². The molecular weight excluding hydrogens is 318 g/mol. The molecule has 1 amide bonds. The largest absolute Gasteiger partial charge is 0.341 e. The van der Waals surface area contributed by atoms with Gasteiger partial charge in [0.1, 0.15) is 6.54 Å². The third kappa shape index (κ3) is 4.00. The van der Waals surface area contributed by atoms with Crippen LogP contribution in [0, 0.1) is 0 Å². The fourth-order valence-corrected chi connectivity index (χ4v) is 3.08. The van der Waals surface area contributed by atoms with Crippen LogP contribution in [0.4, 0.5) is 0 Å². The van der Waals surface area contributed by atoms with E-state index in [0.29, 0.717) is 37.0 Å². The van der Waals surface area contributed by atoms with Gasteiger partial charge in [0.05, 0.1) is 10.9 Å². The molecule has 0 aliphatic carbocycles. The van der Waals surface area contributed by atoms with Crippen LogP contribution in [0.5, 0.6) is 0 Å². The molecule has 1 heterocycles. The van der Waals surface area contributed by atoms with E-state index in [2.05, 4.69) is 0 Å². The first kappa shape index (κ1) is 19.0. The van der Waals surface area contributed by atoms with Gasteiger partial charge < -0.3 is 4.90 Å². The average molecular weight is 345 g/mol. The molecule has 25 heavy (non-hydrogen) atoms. The van der Waals surface area contributed by atoms with E-state index >= 15 is 0 Å². The Kier molecular flexibility index (Phi) is 6.56. The lowest BCUT2D eigenvalue weighted by molar-refractivity contribution is -0.131. The summed E-state index contributed by atoms with van der Waals surface area (Å²) in [6, 6.07) is 6.99. The third-order valence-corrected chi connectivity index (χ3v) is 4.21. The molecule has 0 fully saturated rings. The van der Waals surface area contributed by atoms with Gasteiger partial charge in [-0.1, -0.05) is 32.9 Å². The third-order valence-electron chi connectivity index (χ3n) is 4.21. The number of nitrogens with zero attached hydrogens (tertiary/aromatic N) is 3. The van der Waals surface area contributed by atoms with E-state index in [0.717, 1.165) is 12.8 Å². The van der Waals surface area contributed by atoms with Crippen molar-refractivity contribution in [3.05, 3.63) is 45.1 Å². The highest BCUT2D eigenvalue weighted by Gasteiger charge is 2.17. The molecule has 2 rings (SSSR count). The van der Waals surface area contributed by atoms with Gasteiger partial charge in [0.25, 0.3) is 5.56 Å². The van der Waals surface area contributed by atoms with Crippen LogP contribution in [0.3, 0.4) is 0 Å². The fourth-order valence-electron chi connectivity index (χ4n) is 3.08. The number of fused-ring (bicyclic) bond motifs is 1. The topological polar surface area (TPSA) is 64.3 Å². The predicted molar refractivity (Wildman–Crippen MR) is 99.9 cm³/mol. The Hall–Kier alpha value is -2.37. The second-order valence-corrected chi connectivity index (χ2v) is 6.22. The van der Waals surface area contributed by atoms with E-state index in [1.807, 2.05) is 20.8 Å². The van der Waals surface area contributed by atoms with Gasteiger partial charge in [-0.05, 0) is 31.4 Å². The molecule has 0 N–H and O–H groups in total. The van der Waals surface area contributed by atoms with E-state index in [1.54, 1.807) is 29.2 Å². The SMILES string of the molecule is CCCN(CCC)C(=O)Cn1c(=O)n(CCC)c(=O)c2ccccc21. The molecule has 0 bridgehead atoms. The van der Waals surface area contributed by atoms with E-state index in [-0.39, 0.29) is 18.0 Å². The summed E-state index contributed by atoms with van der Waals surface area (Å²) >= 11 is 0. The average Bonchev–Trinajstić information content (AvgIpc) is 2.62. The summed E-state index contributed by atoms with van der Waals surface area (Å²) in [6.45, 7) is 7.63. The van der Waals surface area contributed by atoms with Crippen molar-refractivity contribution in [3.8, 4) is 0 Å². The van der Waals surface area contributed by atoms with E-state index in [4.69, 9.17) is 0 Å². The van der Waals surface area contributed by atoms with E-state index < -0.39 is 5.69 Å². The Bertz CT molecular complexity index is 845. The maximum absolute atomic E-state index is 12.8. The molecule has 0 unspecified atom stereocenters. The lowest BCUT2D eigenvalue weighted by Crippen LogP contribution is -2.43. The summed E-state index contributed by atoms with van der Waals surface area (Å²) < 4.78 is 2.67. The Morgan fingerprint density at radius 3 is 2.20 bits per heavy atom. The van der Waals surface area contributed by atoms with Crippen molar-refractivity contribution in [1.29, 1.82) is 0 Å². The number of carbonyl (C=O) groups excluding carboxylic acids is 1. The number of hydrogen-bond acceptors (Lipinski definition) is 3. The molecule has 0 aliphatic rings.